The van der Waals surface area contributed by atoms with E-state index in [4.69, 9.17) is 11.6 Å². The van der Waals surface area contributed by atoms with Crippen LogP contribution >= 0.6 is 27.5 Å². The van der Waals surface area contributed by atoms with Gasteiger partial charge in [-0.05, 0) is 22.0 Å². The van der Waals surface area contributed by atoms with E-state index in [0.29, 0.717) is 26.7 Å². The Morgan fingerprint density at radius 3 is 2.95 bits per heavy atom. The molecule has 20 heavy (non-hydrogen) atoms. The fourth-order valence-corrected chi connectivity index (χ4v) is 2.20. The van der Waals surface area contributed by atoms with Crippen molar-refractivity contribution in [1.82, 2.24) is 19.6 Å². The third-order valence-electron chi connectivity index (χ3n) is 2.60. The number of halogens is 2. The van der Waals surface area contributed by atoms with Gasteiger partial charge in [-0.2, -0.15) is 5.10 Å². The quantitative estimate of drug-likeness (QED) is 0.521. The van der Waals surface area contributed by atoms with Crippen LogP contribution in [0, 0.1) is 10.1 Å². The van der Waals surface area contributed by atoms with Gasteiger partial charge in [0.2, 0.25) is 0 Å². The highest BCUT2D eigenvalue weighted by molar-refractivity contribution is 9.10. The number of hydrogen-bond acceptors (Lipinski definition) is 5. The van der Waals surface area contributed by atoms with Crippen LogP contribution in [0.5, 0.6) is 0 Å². The minimum absolute atomic E-state index is 0.0523. The molecule has 0 atom stereocenters. The number of non-ortho nitro benzene ring substituents is 1. The molecule has 7 nitrogen and oxygen atoms in total. The molecule has 0 saturated carbocycles. The maximum atomic E-state index is 10.8. The van der Waals surface area contributed by atoms with Crippen molar-refractivity contribution >= 4 is 39.0 Å². The summed E-state index contributed by atoms with van der Waals surface area (Å²) in [6.07, 6.45) is 3.12. The normalized spacial score (nSPS) is 10.9. The SMILES string of the molecule is O=[N+]([O-])c1ccc(Cl)c(-c2cn3nc(Br)cnc3n2)c1. The molecular weight excluding hydrogens is 350 g/mol. The van der Waals surface area contributed by atoms with Gasteiger partial charge in [0.25, 0.3) is 11.5 Å². The van der Waals surface area contributed by atoms with Crippen molar-refractivity contribution in [3.8, 4) is 11.3 Å². The van der Waals surface area contributed by atoms with Crippen LogP contribution < -0.4 is 0 Å². The Bertz CT molecular complexity index is 835. The lowest BCUT2D eigenvalue weighted by atomic mass is 10.1. The van der Waals surface area contributed by atoms with Gasteiger partial charge < -0.3 is 0 Å². The number of hydrogen-bond donors (Lipinski definition) is 0. The molecule has 3 aromatic rings. The predicted molar refractivity (Wildman–Crippen MR) is 75.6 cm³/mol. The van der Waals surface area contributed by atoms with Crippen molar-refractivity contribution < 1.29 is 4.92 Å². The molecule has 0 aliphatic heterocycles. The zero-order chi connectivity index (χ0) is 14.3. The molecule has 9 heteroatoms. The molecule has 0 spiro atoms. The number of imidazole rings is 1. The lowest BCUT2D eigenvalue weighted by Gasteiger charge is -1.99. The number of fused-ring (bicyclic) bond motifs is 1. The Hall–Kier alpha value is -2.06. The molecule has 2 aromatic heterocycles. The first-order valence-electron chi connectivity index (χ1n) is 5.37. The predicted octanol–water partition coefficient (Wildman–Crippen LogP) is 3.12. The number of aromatic nitrogens is 4. The van der Waals surface area contributed by atoms with Crippen LogP contribution in [0.2, 0.25) is 5.02 Å². The summed E-state index contributed by atoms with van der Waals surface area (Å²) in [6, 6.07) is 4.18. The molecule has 0 bridgehead atoms. The summed E-state index contributed by atoms with van der Waals surface area (Å²) in [4.78, 5) is 18.7. The van der Waals surface area contributed by atoms with Crippen LogP contribution in [-0.4, -0.2) is 24.5 Å². The lowest BCUT2D eigenvalue weighted by molar-refractivity contribution is -0.384. The fourth-order valence-electron chi connectivity index (χ4n) is 1.72. The minimum Gasteiger partial charge on any atom is -0.258 e. The van der Waals surface area contributed by atoms with Gasteiger partial charge >= 0.3 is 0 Å². The maximum Gasteiger partial charge on any atom is 0.270 e. The summed E-state index contributed by atoms with van der Waals surface area (Å²) in [6.45, 7) is 0. The van der Waals surface area contributed by atoms with Crippen molar-refractivity contribution in [2.45, 2.75) is 0 Å². The first kappa shape index (κ1) is 12.9. The summed E-state index contributed by atoms with van der Waals surface area (Å²) < 4.78 is 2.02. The molecule has 3 rings (SSSR count). The van der Waals surface area contributed by atoms with E-state index < -0.39 is 4.92 Å². The van der Waals surface area contributed by atoms with Crippen LogP contribution in [0.3, 0.4) is 0 Å². The van der Waals surface area contributed by atoms with Gasteiger partial charge in [-0.25, -0.2) is 14.5 Å². The second kappa shape index (κ2) is 4.80. The number of nitrogens with zero attached hydrogens (tertiary/aromatic N) is 5. The molecule has 0 unspecified atom stereocenters. The van der Waals surface area contributed by atoms with E-state index in [1.165, 1.54) is 28.9 Å². The molecule has 0 radical (unpaired) electrons. The first-order valence-corrected chi connectivity index (χ1v) is 6.54. The highest BCUT2D eigenvalue weighted by atomic mass is 79.9. The molecule has 2 heterocycles. The minimum atomic E-state index is -0.483. The number of rotatable bonds is 2. The molecule has 0 aliphatic rings. The Kier molecular flexibility index (Phi) is 3.11. The standard InChI is InChI=1S/C11H5BrClN5O2/c12-10-4-14-11-15-9(5-17(11)16-10)7-3-6(18(19)20)1-2-8(7)13/h1-5H. The topological polar surface area (TPSA) is 86.2 Å². The molecule has 0 N–H and O–H groups in total. The van der Waals surface area contributed by atoms with E-state index in [0.717, 1.165) is 0 Å². The third-order valence-corrected chi connectivity index (χ3v) is 3.29. The molecule has 100 valence electrons. The van der Waals surface area contributed by atoms with Crippen LogP contribution in [0.15, 0.2) is 35.2 Å². The molecule has 0 fully saturated rings. The maximum absolute atomic E-state index is 10.8. The molecule has 0 saturated heterocycles. The van der Waals surface area contributed by atoms with Gasteiger partial charge in [-0.15, -0.1) is 0 Å². The van der Waals surface area contributed by atoms with Gasteiger partial charge in [0.05, 0.1) is 28.0 Å². The van der Waals surface area contributed by atoms with Crippen LogP contribution in [-0.2, 0) is 0 Å². The van der Waals surface area contributed by atoms with E-state index in [2.05, 4.69) is 31.0 Å². The summed E-state index contributed by atoms with van der Waals surface area (Å²) in [7, 11) is 0. The lowest BCUT2D eigenvalue weighted by Crippen LogP contribution is -1.92. The van der Waals surface area contributed by atoms with E-state index in [-0.39, 0.29) is 5.69 Å². The molecular formula is C11H5BrClN5O2. The first-order chi connectivity index (χ1) is 9.54. The van der Waals surface area contributed by atoms with Crippen molar-refractivity contribution in [3.05, 3.63) is 50.3 Å². The Labute approximate surface area is 125 Å². The third kappa shape index (κ3) is 2.23. The van der Waals surface area contributed by atoms with Gasteiger partial charge in [0, 0.05) is 17.7 Å². The van der Waals surface area contributed by atoms with E-state index in [9.17, 15) is 10.1 Å². The largest absolute Gasteiger partial charge is 0.270 e. The van der Waals surface area contributed by atoms with Crippen molar-refractivity contribution in [3.63, 3.8) is 0 Å². The molecule has 0 amide bonds. The van der Waals surface area contributed by atoms with Crippen LogP contribution in [0.4, 0.5) is 5.69 Å². The summed E-state index contributed by atoms with van der Waals surface area (Å²) in [5.41, 5.74) is 0.879. The van der Waals surface area contributed by atoms with E-state index >= 15 is 0 Å². The Morgan fingerprint density at radius 1 is 1.40 bits per heavy atom. The van der Waals surface area contributed by atoms with Gasteiger partial charge in [-0.3, -0.25) is 10.1 Å². The van der Waals surface area contributed by atoms with Crippen molar-refractivity contribution in [2.24, 2.45) is 0 Å². The van der Waals surface area contributed by atoms with E-state index in [1.54, 1.807) is 6.20 Å². The number of benzene rings is 1. The molecule has 0 aliphatic carbocycles. The zero-order valence-corrected chi connectivity index (χ0v) is 12.0. The summed E-state index contributed by atoms with van der Waals surface area (Å²) in [5.74, 6) is 0.380. The molecule has 1 aromatic carbocycles. The van der Waals surface area contributed by atoms with E-state index in [1.807, 2.05) is 0 Å². The fraction of sp³-hybridized carbons (Fsp3) is 0. The van der Waals surface area contributed by atoms with Crippen LogP contribution in [0.1, 0.15) is 0 Å². The van der Waals surface area contributed by atoms with Gasteiger partial charge in [0.15, 0.2) is 0 Å². The van der Waals surface area contributed by atoms with Crippen LogP contribution in [0.25, 0.3) is 17.0 Å². The highest BCUT2D eigenvalue weighted by Crippen LogP contribution is 2.30. The number of nitro benzene ring substituents is 1. The summed E-state index contributed by atoms with van der Waals surface area (Å²) in [5, 5.41) is 15.3. The average molecular weight is 355 g/mol. The second-order valence-corrected chi connectivity index (χ2v) is 5.09. The van der Waals surface area contributed by atoms with Crippen molar-refractivity contribution in [1.29, 1.82) is 0 Å². The van der Waals surface area contributed by atoms with Crippen molar-refractivity contribution in [2.75, 3.05) is 0 Å². The number of nitro groups is 1. The Morgan fingerprint density at radius 2 is 2.20 bits per heavy atom. The monoisotopic (exact) mass is 353 g/mol. The zero-order valence-electron chi connectivity index (χ0n) is 9.70. The van der Waals surface area contributed by atoms with Gasteiger partial charge in [-0.1, -0.05) is 11.6 Å². The Balaban J connectivity index is 2.19. The second-order valence-electron chi connectivity index (χ2n) is 3.87. The highest BCUT2D eigenvalue weighted by Gasteiger charge is 2.14. The average Bonchev–Trinajstić information content (AvgIpc) is 2.81. The van der Waals surface area contributed by atoms with Gasteiger partial charge in [0.1, 0.15) is 4.60 Å². The summed E-state index contributed by atoms with van der Waals surface area (Å²) >= 11 is 9.28. The smallest absolute Gasteiger partial charge is 0.258 e.